The molecule has 5 nitrogen and oxygen atoms in total. The van der Waals surface area contributed by atoms with E-state index < -0.39 is 5.60 Å². The lowest BCUT2D eigenvalue weighted by Gasteiger charge is -2.30. The normalized spacial score (nSPS) is 14.0. The molecular weight excluding hydrogens is 254 g/mol. The van der Waals surface area contributed by atoms with Gasteiger partial charge in [0, 0.05) is 26.2 Å². The van der Waals surface area contributed by atoms with Crippen molar-refractivity contribution in [3.63, 3.8) is 0 Å². The SMILES string of the molecule is CCN(CC(C)(C)O)C(=O)c1cccc2c1NCCN2. The number of fused-ring (bicyclic) bond motifs is 1. The summed E-state index contributed by atoms with van der Waals surface area (Å²) in [5, 5.41) is 16.5. The van der Waals surface area contributed by atoms with Crippen molar-refractivity contribution in [2.45, 2.75) is 26.4 Å². The zero-order chi connectivity index (χ0) is 14.8. The highest BCUT2D eigenvalue weighted by molar-refractivity contribution is 6.02. The lowest BCUT2D eigenvalue weighted by atomic mass is 10.1. The molecule has 2 rings (SSSR count). The molecule has 20 heavy (non-hydrogen) atoms. The van der Waals surface area contributed by atoms with Crippen molar-refractivity contribution in [1.29, 1.82) is 0 Å². The van der Waals surface area contributed by atoms with Gasteiger partial charge in [0.2, 0.25) is 0 Å². The van der Waals surface area contributed by atoms with E-state index in [1.165, 1.54) is 0 Å². The Morgan fingerprint density at radius 1 is 1.35 bits per heavy atom. The van der Waals surface area contributed by atoms with Gasteiger partial charge in [-0.3, -0.25) is 4.79 Å². The smallest absolute Gasteiger partial charge is 0.256 e. The van der Waals surface area contributed by atoms with E-state index in [4.69, 9.17) is 0 Å². The molecule has 1 heterocycles. The summed E-state index contributed by atoms with van der Waals surface area (Å²) in [5.74, 6) is -0.0531. The molecule has 5 heteroatoms. The number of anilines is 2. The Balaban J connectivity index is 2.28. The molecule has 1 aliphatic rings. The number of aliphatic hydroxyl groups is 1. The van der Waals surface area contributed by atoms with Crippen molar-refractivity contribution >= 4 is 17.3 Å². The number of hydrogen-bond acceptors (Lipinski definition) is 4. The topological polar surface area (TPSA) is 64.6 Å². The van der Waals surface area contributed by atoms with Crippen LogP contribution in [-0.2, 0) is 0 Å². The average Bonchev–Trinajstić information content (AvgIpc) is 2.42. The standard InChI is InChI=1S/C15H23N3O2/c1-4-18(10-15(2,3)20)14(19)11-6-5-7-12-13(11)17-9-8-16-12/h5-7,16-17,20H,4,8-10H2,1-3H3. The highest BCUT2D eigenvalue weighted by Crippen LogP contribution is 2.29. The van der Waals surface area contributed by atoms with Crippen LogP contribution in [0.5, 0.6) is 0 Å². The largest absolute Gasteiger partial charge is 0.389 e. The van der Waals surface area contributed by atoms with E-state index in [0.717, 1.165) is 24.5 Å². The third-order valence-electron chi connectivity index (χ3n) is 3.28. The van der Waals surface area contributed by atoms with E-state index in [1.54, 1.807) is 18.7 Å². The van der Waals surface area contributed by atoms with Crippen molar-refractivity contribution in [3.8, 4) is 0 Å². The Morgan fingerprint density at radius 2 is 2.05 bits per heavy atom. The summed E-state index contributed by atoms with van der Waals surface area (Å²) < 4.78 is 0. The van der Waals surface area contributed by atoms with Crippen LogP contribution >= 0.6 is 0 Å². The molecule has 0 aliphatic carbocycles. The van der Waals surface area contributed by atoms with Gasteiger partial charge >= 0.3 is 0 Å². The van der Waals surface area contributed by atoms with Gasteiger partial charge in [0.15, 0.2) is 0 Å². The number of para-hydroxylation sites is 1. The van der Waals surface area contributed by atoms with E-state index >= 15 is 0 Å². The number of likely N-dealkylation sites (N-methyl/N-ethyl adjacent to an activating group) is 1. The van der Waals surface area contributed by atoms with Gasteiger partial charge in [-0.2, -0.15) is 0 Å². The van der Waals surface area contributed by atoms with Crippen LogP contribution < -0.4 is 10.6 Å². The molecule has 0 saturated carbocycles. The predicted molar refractivity (Wildman–Crippen MR) is 81.3 cm³/mol. The number of rotatable bonds is 4. The van der Waals surface area contributed by atoms with Crippen molar-refractivity contribution in [3.05, 3.63) is 23.8 Å². The van der Waals surface area contributed by atoms with Gasteiger partial charge in [0.25, 0.3) is 5.91 Å². The summed E-state index contributed by atoms with van der Waals surface area (Å²) in [7, 11) is 0. The molecule has 0 radical (unpaired) electrons. The van der Waals surface area contributed by atoms with Crippen molar-refractivity contribution in [1.82, 2.24) is 4.90 Å². The van der Waals surface area contributed by atoms with Crippen molar-refractivity contribution in [2.75, 3.05) is 36.8 Å². The second-order valence-electron chi connectivity index (χ2n) is 5.71. The number of carbonyl (C=O) groups is 1. The quantitative estimate of drug-likeness (QED) is 0.784. The summed E-state index contributed by atoms with van der Waals surface area (Å²) >= 11 is 0. The molecular formula is C15H23N3O2. The molecule has 1 aromatic rings. The first kappa shape index (κ1) is 14.7. The first-order valence-electron chi connectivity index (χ1n) is 7.05. The van der Waals surface area contributed by atoms with E-state index in [2.05, 4.69) is 10.6 Å². The highest BCUT2D eigenvalue weighted by atomic mass is 16.3. The fourth-order valence-corrected chi connectivity index (χ4v) is 2.42. The van der Waals surface area contributed by atoms with Gasteiger partial charge in [-0.25, -0.2) is 0 Å². The fourth-order valence-electron chi connectivity index (χ4n) is 2.42. The lowest BCUT2D eigenvalue weighted by molar-refractivity contribution is 0.0315. The van der Waals surface area contributed by atoms with Gasteiger partial charge in [-0.1, -0.05) is 6.07 Å². The van der Waals surface area contributed by atoms with Crippen molar-refractivity contribution in [2.24, 2.45) is 0 Å². The Labute approximate surface area is 120 Å². The molecule has 0 saturated heterocycles. The van der Waals surface area contributed by atoms with E-state index in [9.17, 15) is 9.90 Å². The van der Waals surface area contributed by atoms with E-state index in [0.29, 0.717) is 18.7 Å². The Hall–Kier alpha value is -1.75. The van der Waals surface area contributed by atoms with Crippen LogP contribution in [0.25, 0.3) is 0 Å². The van der Waals surface area contributed by atoms with E-state index in [1.807, 2.05) is 25.1 Å². The Morgan fingerprint density at radius 3 is 2.70 bits per heavy atom. The zero-order valence-electron chi connectivity index (χ0n) is 12.4. The fraction of sp³-hybridized carbons (Fsp3) is 0.533. The van der Waals surface area contributed by atoms with Crippen LogP contribution in [0.2, 0.25) is 0 Å². The third-order valence-corrected chi connectivity index (χ3v) is 3.28. The predicted octanol–water partition coefficient (Wildman–Crippen LogP) is 1.76. The van der Waals surface area contributed by atoms with Crippen LogP contribution in [0.4, 0.5) is 11.4 Å². The molecule has 3 N–H and O–H groups in total. The zero-order valence-corrected chi connectivity index (χ0v) is 12.4. The first-order valence-corrected chi connectivity index (χ1v) is 7.05. The number of carbonyl (C=O) groups excluding carboxylic acids is 1. The summed E-state index contributed by atoms with van der Waals surface area (Å²) in [4.78, 5) is 14.3. The highest BCUT2D eigenvalue weighted by Gasteiger charge is 2.25. The van der Waals surface area contributed by atoms with E-state index in [-0.39, 0.29) is 5.91 Å². The Bertz CT molecular complexity index is 494. The molecule has 0 spiro atoms. The van der Waals surface area contributed by atoms with Crippen LogP contribution in [-0.4, -0.2) is 47.7 Å². The minimum Gasteiger partial charge on any atom is -0.389 e. The molecule has 0 unspecified atom stereocenters. The van der Waals surface area contributed by atoms with Gasteiger partial charge in [0.05, 0.1) is 22.5 Å². The first-order chi connectivity index (χ1) is 9.42. The van der Waals surface area contributed by atoms with Crippen LogP contribution in [0, 0.1) is 0 Å². The van der Waals surface area contributed by atoms with Gasteiger partial charge in [-0.05, 0) is 32.9 Å². The van der Waals surface area contributed by atoms with Crippen LogP contribution in [0.3, 0.4) is 0 Å². The minimum absolute atomic E-state index is 0.0531. The maximum Gasteiger partial charge on any atom is 0.256 e. The van der Waals surface area contributed by atoms with Gasteiger partial charge < -0.3 is 20.6 Å². The van der Waals surface area contributed by atoms with Crippen molar-refractivity contribution < 1.29 is 9.90 Å². The summed E-state index contributed by atoms with van der Waals surface area (Å²) in [5.41, 5.74) is 1.58. The second-order valence-corrected chi connectivity index (χ2v) is 5.71. The average molecular weight is 277 g/mol. The van der Waals surface area contributed by atoms with Crippen LogP contribution in [0.1, 0.15) is 31.1 Å². The van der Waals surface area contributed by atoms with Crippen LogP contribution in [0.15, 0.2) is 18.2 Å². The number of amides is 1. The molecule has 0 atom stereocenters. The maximum atomic E-state index is 12.7. The summed E-state index contributed by atoms with van der Waals surface area (Å²) in [6.45, 7) is 7.89. The Kier molecular flexibility index (Phi) is 4.18. The number of benzene rings is 1. The number of hydrogen-bond donors (Lipinski definition) is 3. The molecule has 0 aromatic heterocycles. The molecule has 110 valence electrons. The monoisotopic (exact) mass is 277 g/mol. The minimum atomic E-state index is -0.897. The second kappa shape index (κ2) is 5.71. The lowest BCUT2D eigenvalue weighted by Crippen LogP contribution is -2.42. The summed E-state index contributed by atoms with van der Waals surface area (Å²) in [6, 6.07) is 5.67. The molecule has 0 bridgehead atoms. The maximum absolute atomic E-state index is 12.7. The van der Waals surface area contributed by atoms with Gasteiger partial charge in [0.1, 0.15) is 0 Å². The number of nitrogens with one attached hydrogen (secondary N) is 2. The molecule has 1 aromatic carbocycles. The third kappa shape index (κ3) is 3.22. The van der Waals surface area contributed by atoms with Gasteiger partial charge in [-0.15, -0.1) is 0 Å². The molecule has 0 fully saturated rings. The number of nitrogens with zero attached hydrogens (tertiary/aromatic N) is 1. The molecule has 1 amide bonds. The summed E-state index contributed by atoms with van der Waals surface area (Å²) in [6.07, 6.45) is 0. The molecule has 1 aliphatic heterocycles.